The lowest BCUT2D eigenvalue weighted by Crippen LogP contribution is -2.13. The molecule has 0 aliphatic rings. The lowest BCUT2D eigenvalue weighted by Gasteiger charge is -2.08. The number of ketones is 1. The number of benzene rings is 1. The van der Waals surface area contributed by atoms with E-state index in [2.05, 4.69) is 15.9 Å². The Morgan fingerprint density at radius 2 is 2.17 bits per heavy atom. The predicted molar refractivity (Wildman–Crippen MR) is 71.6 cm³/mol. The normalized spacial score (nSPS) is 11.9. The molecule has 0 bridgehead atoms. The van der Waals surface area contributed by atoms with Crippen molar-refractivity contribution in [3.63, 3.8) is 0 Å². The summed E-state index contributed by atoms with van der Waals surface area (Å²) in [5.41, 5.74) is 0.132. The number of halogens is 1. The Morgan fingerprint density at radius 3 is 2.67 bits per heavy atom. The number of rotatable bonds is 6. The monoisotopic (exact) mass is 315 g/mol. The van der Waals surface area contributed by atoms with Crippen molar-refractivity contribution in [2.45, 2.75) is 25.1 Å². The summed E-state index contributed by atoms with van der Waals surface area (Å²) in [6.45, 7) is 3.94. The van der Waals surface area contributed by atoms with E-state index in [1.165, 1.54) is 12.1 Å². The standard InChI is InChI=1S/C12H14BrNO4/c1-3-9(13)12(15)8-5-6-11(18-4-2)10(7-8)14(16)17/h5-7,9H,3-4H2,1-2H3. The lowest BCUT2D eigenvalue weighted by atomic mass is 10.1. The van der Waals surface area contributed by atoms with E-state index in [9.17, 15) is 14.9 Å². The van der Waals surface area contributed by atoms with Crippen LogP contribution in [0.2, 0.25) is 0 Å². The highest BCUT2D eigenvalue weighted by molar-refractivity contribution is 9.10. The molecule has 0 N–H and O–H groups in total. The number of carbonyl (C=O) groups excluding carboxylic acids is 1. The molecule has 0 radical (unpaired) electrons. The fraction of sp³-hybridized carbons (Fsp3) is 0.417. The zero-order valence-electron chi connectivity index (χ0n) is 10.2. The molecule has 0 spiro atoms. The second kappa shape index (κ2) is 6.49. The third-order valence-corrected chi connectivity index (χ3v) is 3.45. The van der Waals surface area contributed by atoms with Crippen LogP contribution in [0.5, 0.6) is 5.75 Å². The van der Waals surface area contributed by atoms with Gasteiger partial charge in [-0.05, 0) is 25.5 Å². The van der Waals surface area contributed by atoms with E-state index < -0.39 is 4.92 Å². The SMILES string of the molecule is CCOc1ccc(C(=O)C(Br)CC)cc1[N+](=O)[O-]. The molecule has 0 aliphatic heterocycles. The Balaban J connectivity index is 3.14. The van der Waals surface area contributed by atoms with Crippen LogP contribution in [-0.2, 0) is 0 Å². The highest BCUT2D eigenvalue weighted by Crippen LogP contribution is 2.29. The van der Waals surface area contributed by atoms with Gasteiger partial charge in [0.15, 0.2) is 11.5 Å². The first-order valence-electron chi connectivity index (χ1n) is 5.60. The Bertz CT molecular complexity index is 461. The van der Waals surface area contributed by atoms with Crippen molar-refractivity contribution in [3.8, 4) is 5.75 Å². The van der Waals surface area contributed by atoms with Crippen molar-refractivity contribution in [1.29, 1.82) is 0 Å². The van der Waals surface area contributed by atoms with E-state index in [-0.39, 0.29) is 22.0 Å². The largest absolute Gasteiger partial charge is 0.487 e. The molecule has 1 rings (SSSR count). The third kappa shape index (κ3) is 3.29. The van der Waals surface area contributed by atoms with Gasteiger partial charge in [0.1, 0.15) is 0 Å². The van der Waals surface area contributed by atoms with Gasteiger partial charge in [-0.25, -0.2) is 0 Å². The number of ether oxygens (including phenoxy) is 1. The predicted octanol–water partition coefficient (Wildman–Crippen LogP) is 3.35. The zero-order valence-corrected chi connectivity index (χ0v) is 11.8. The van der Waals surface area contributed by atoms with Gasteiger partial charge in [0, 0.05) is 11.6 Å². The molecule has 98 valence electrons. The molecule has 0 aromatic heterocycles. The molecular formula is C12H14BrNO4. The average molecular weight is 316 g/mol. The second-order valence-electron chi connectivity index (χ2n) is 3.61. The maximum absolute atomic E-state index is 11.9. The maximum atomic E-state index is 11.9. The van der Waals surface area contributed by atoms with Gasteiger partial charge in [0.25, 0.3) is 0 Å². The van der Waals surface area contributed by atoms with Gasteiger partial charge in [-0.2, -0.15) is 0 Å². The van der Waals surface area contributed by atoms with E-state index in [1.54, 1.807) is 13.0 Å². The molecule has 0 fully saturated rings. The summed E-state index contributed by atoms with van der Waals surface area (Å²) in [5, 5.41) is 10.9. The van der Waals surface area contributed by atoms with Crippen molar-refractivity contribution in [2.24, 2.45) is 0 Å². The van der Waals surface area contributed by atoms with Crippen LogP contribution >= 0.6 is 15.9 Å². The number of hydrogen-bond acceptors (Lipinski definition) is 4. The fourth-order valence-corrected chi connectivity index (χ4v) is 1.72. The first-order chi connectivity index (χ1) is 8.51. The van der Waals surface area contributed by atoms with E-state index in [4.69, 9.17) is 4.74 Å². The van der Waals surface area contributed by atoms with Crippen LogP contribution in [0.3, 0.4) is 0 Å². The van der Waals surface area contributed by atoms with Crippen LogP contribution in [0.1, 0.15) is 30.6 Å². The van der Waals surface area contributed by atoms with Crippen LogP contribution in [0.25, 0.3) is 0 Å². The van der Waals surface area contributed by atoms with E-state index in [0.717, 1.165) is 0 Å². The van der Waals surface area contributed by atoms with Crippen molar-refractivity contribution >= 4 is 27.4 Å². The molecular weight excluding hydrogens is 302 g/mol. The van der Waals surface area contributed by atoms with Crippen LogP contribution in [0.4, 0.5) is 5.69 Å². The van der Waals surface area contributed by atoms with Crippen LogP contribution < -0.4 is 4.74 Å². The smallest absolute Gasteiger partial charge is 0.311 e. The number of carbonyl (C=O) groups is 1. The molecule has 1 unspecified atom stereocenters. The second-order valence-corrected chi connectivity index (χ2v) is 4.72. The molecule has 6 heteroatoms. The quantitative estimate of drug-likeness (QED) is 0.349. The Kier molecular flexibility index (Phi) is 5.27. The van der Waals surface area contributed by atoms with Crippen LogP contribution in [0.15, 0.2) is 18.2 Å². The summed E-state index contributed by atoms with van der Waals surface area (Å²) < 4.78 is 5.16. The summed E-state index contributed by atoms with van der Waals surface area (Å²) in [6, 6.07) is 4.27. The zero-order chi connectivity index (χ0) is 13.7. The molecule has 0 heterocycles. The molecule has 18 heavy (non-hydrogen) atoms. The minimum Gasteiger partial charge on any atom is -0.487 e. The molecule has 1 atom stereocenters. The van der Waals surface area contributed by atoms with Gasteiger partial charge >= 0.3 is 5.69 Å². The van der Waals surface area contributed by atoms with Crippen molar-refractivity contribution in [3.05, 3.63) is 33.9 Å². The molecule has 1 aromatic carbocycles. The van der Waals surface area contributed by atoms with Crippen LogP contribution in [0, 0.1) is 10.1 Å². The van der Waals surface area contributed by atoms with Crippen LogP contribution in [-0.4, -0.2) is 22.1 Å². The average Bonchev–Trinajstić information content (AvgIpc) is 2.37. The van der Waals surface area contributed by atoms with Crippen molar-refractivity contribution in [2.75, 3.05) is 6.61 Å². The first-order valence-corrected chi connectivity index (χ1v) is 6.52. The minimum absolute atomic E-state index is 0.163. The highest BCUT2D eigenvalue weighted by atomic mass is 79.9. The van der Waals surface area contributed by atoms with E-state index >= 15 is 0 Å². The Labute approximate surface area is 113 Å². The number of nitrogens with zero attached hydrogens (tertiary/aromatic N) is 1. The maximum Gasteiger partial charge on any atom is 0.311 e. The summed E-state index contributed by atoms with van der Waals surface area (Å²) in [5.74, 6) is 0.0188. The molecule has 1 aromatic rings. The molecule has 0 saturated carbocycles. The summed E-state index contributed by atoms with van der Waals surface area (Å²) in [6.07, 6.45) is 0.625. The van der Waals surface area contributed by atoms with E-state index in [1.807, 2.05) is 6.92 Å². The van der Waals surface area contributed by atoms with Gasteiger partial charge in [-0.1, -0.05) is 22.9 Å². The number of hydrogen-bond donors (Lipinski definition) is 0. The molecule has 0 aliphatic carbocycles. The highest BCUT2D eigenvalue weighted by Gasteiger charge is 2.21. The van der Waals surface area contributed by atoms with Crippen molar-refractivity contribution in [1.82, 2.24) is 0 Å². The summed E-state index contributed by atoms with van der Waals surface area (Å²) >= 11 is 3.24. The van der Waals surface area contributed by atoms with Gasteiger partial charge in [-0.3, -0.25) is 14.9 Å². The van der Waals surface area contributed by atoms with Crippen molar-refractivity contribution < 1.29 is 14.5 Å². The fourth-order valence-electron chi connectivity index (χ4n) is 1.46. The van der Waals surface area contributed by atoms with Gasteiger partial charge < -0.3 is 4.74 Å². The Morgan fingerprint density at radius 1 is 1.50 bits per heavy atom. The van der Waals surface area contributed by atoms with Gasteiger partial charge in [0.05, 0.1) is 16.4 Å². The number of nitro groups is 1. The minimum atomic E-state index is -0.545. The van der Waals surface area contributed by atoms with Gasteiger partial charge in [-0.15, -0.1) is 0 Å². The van der Waals surface area contributed by atoms with E-state index in [0.29, 0.717) is 18.6 Å². The molecule has 0 amide bonds. The number of Topliss-reactive ketones (excluding diaryl/α,β-unsaturated/α-hetero) is 1. The lowest BCUT2D eigenvalue weighted by molar-refractivity contribution is -0.385. The molecule has 5 nitrogen and oxygen atoms in total. The van der Waals surface area contributed by atoms with Gasteiger partial charge in [0.2, 0.25) is 0 Å². The third-order valence-electron chi connectivity index (χ3n) is 2.38. The Hall–Kier alpha value is -1.43. The first kappa shape index (κ1) is 14.6. The topological polar surface area (TPSA) is 69.4 Å². The number of nitro benzene ring substituents is 1. The summed E-state index contributed by atoms with van der Waals surface area (Å²) in [7, 11) is 0. The molecule has 0 saturated heterocycles. The summed E-state index contributed by atoms with van der Waals surface area (Å²) in [4.78, 5) is 22.0. The number of alkyl halides is 1.